The highest BCUT2D eigenvalue weighted by molar-refractivity contribution is 5.90. The highest BCUT2D eigenvalue weighted by atomic mass is 19.1. The van der Waals surface area contributed by atoms with E-state index < -0.39 is 12.0 Å². The predicted molar refractivity (Wildman–Crippen MR) is 22.9 cm³/mol. The van der Waals surface area contributed by atoms with Crippen LogP contribution in [0.3, 0.4) is 0 Å². The molecule has 0 aromatic carbocycles. The van der Waals surface area contributed by atoms with Crippen LogP contribution in [-0.4, -0.2) is 17.1 Å². The van der Waals surface area contributed by atoms with Gasteiger partial charge in [-0.3, -0.25) is 4.79 Å². The van der Waals surface area contributed by atoms with Gasteiger partial charge in [0.25, 0.3) is 0 Å². The van der Waals surface area contributed by atoms with Gasteiger partial charge in [-0.05, 0) is 0 Å². The maximum atomic E-state index is 11.1. The van der Waals surface area contributed by atoms with E-state index >= 15 is 0 Å². The maximum absolute atomic E-state index is 11.1. The van der Waals surface area contributed by atoms with Crippen LogP contribution in [0.4, 0.5) is 4.39 Å². The lowest BCUT2D eigenvalue weighted by atomic mass is 10.5. The third-order valence-electron chi connectivity index (χ3n) is 0.357. The minimum absolute atomic E-state index is 0.336. The first-order valence-electron chi connectivity index (χ1n) is 1.73. The summed E-state index contributed by atoms with van der Waals surface area (Å²) in [4.78, 5) is 18.8. The number of aliphatic carboxylic acids is 1. The van der Waals surface area contributed by atoms with Crippen molar-refractivity contribution in [2.75, 3.05) is 0 Å². The van der Waals surface area contributed by atoms with Gasteiger partial charge in [-0.15, -0.1) is 0 Å². The Hall–Kier alpha value is -1.19. The van der Waals surface area contributed by atoms with Crippen LogP contribution in [0.1, 0.15) is 0 Å². The van der Waals surface area contributed by atoms with Gasteiger partial charge in [-0.25, -0.2) is 4.79 Å². The lowest BCUT2D eigenvalue weighted by molar-refractivity contribution is -0.132. The van der Waals surface area contributed by atoms with Crippen molar-refractivity contribution in [2.24, 2.45) is 0 Å². The first-order chi connectivity index (χ1) is 3.63. The van der Waals surface area contributed by atoms with E-state index in [-0.39, 0.29) is 0 Å². The Bertz CT molecular complexity index is 122. The molecular formula is C4H3FO3. The van der Waals surface area contributed by atoms with E-state index in [1.807, 2.05) is 0 Å². The van der Waals surface area contributed by atoms with Crippen molar-refractivity contribution >= 4 is 12.0 Å². The van der Waals surface area contributed by atoms with Crippen molar-refractivity contribution < 1.29 is 19.1 Å². The Morgan fingerprint density at radius 3 is 2.00 bits per heavy atom. The molecule has 0 amide bonds. The van der Waals surface area contributed by atoms with Crippen LogP contribution < -0.4 is 0 Å². The molecule has 44 valence electrons. The van der Waals surface area contributed by atoms with Crippen LogP contribution in [0.15, 0.2) is 12.2 Å². The Balaban J connectivity index is 3.67. The third kappa shape index (κ3) is 4.81. The number of allylic oxidation sites excluding steroid dienone is 1. The first kappa shape index (κ1) is 6.81. The fourth-order valence-corrected chi connectivity index (χ4v) is 0.137. The van der Waals surface area contributed by atoms with Crippen LogP contribution in [0.25, 0.3) is 0 Å². The topological polar surface area (TPSA) is 54.4 Å². The number of rotatable bonds is 2. The van der Waals surface area contributed by atoms with Crippen LogP contribution in [0.5, 0.6) is 0 Å². The highest BCUT2D eigenvalue weighted by Crippen LogP contribution is 1.76. The first-order valence-corrected chi connectivity index (χ1v) is 1.73. The Morgan fingerprint density at radius 2 is 1.88 bits per heavy atom. The zero-order chi connectivity index (χ0) is 6.57. The summed E-state index contributed by atoms with van der Waals surface area (Å²) in [5.41, 5.74) is 0. The van der Waals surface area contributed by atoms with E-state index in [1.54, 1.807) is 0 Å². The van der Waals surface area contributed by atoms with E-state index in [1.165, 1.54) is 0 Å². The molecule has 0 saturated heterocycles. The number of halogens is 1. The molecule has 0 aromatic rings. The van der Waals surface area contributed by atoms with E-state index in [0.717, 1.165) is 0 Å². The van der Waals surface area contributed by atoms with Gasteiger partial charge in [0, 0.05) is 12.2 Å². The molecule has 0 atom stereocenters. The fraction of sp³-hybridized carbons (Fsp3) is 0. The molecule has 0 aromatic heterocycles. The quantitative estimate of drug-likeness (QED) is 0.414. The molecule has 0 aliphatic heterocycles. The van der Waals surface area contributed by atoms with Crippen molar-refractivity contribution in [1.82, 2.24) is 0 Å². The summed E-state index contributed by atoms with van der Waals surface area (Å²) in [6, 6.07) is -1.76. The largest absolute Gasteiger partial charge is 0.478 e. The number of carboxylic acids is 1. The molecule has 0 saturated carbocycles. The third-order valence-corrected chi connectivity index (χ3v) is 0.357. The number of carboxylic acid groups (broad SMARTS) is 1. The van der Waals surface area contributed by atoms with Crippen LogP contribution >= 0.6 is 0 Å². The predicted octanol–water partition coefficient (Wildman–Crippen LogP) is 0.123. The van der Waals surface area contributed by atoms with Crippen LogP contribution in [0.2, 0.25) is 0 Å². The average Bonchev–Trinajstić information content (AvgIpc) is 1.61. The highest BCUT2D eigenvalue weighted by Gasteiger charge is 1.89. The summed E-state index contributed by atoms with van der Waals surface area (Å²) in [5, 5.41) is 7.76. The van der Waals surface area contributed by atoms with Gasteiger partial charge in [0.1, 0.15) is 0 Å². The van der Waals surface area contributed by atoms with E-state index in [0.29, 0.717) is 12.2 Å². The van der Waals surface area contributed by atoms with Crippen molar-refractivity contribution in [1.29, 1.82) is 0 Å². The van der Waals surface area contributed by atoms with E-state index in [4.69, 9.17) is 5.11 Å². The monoisotopic (exact) mass is 118 g/mol. The number of hydrogen-bond acceptors (Lipinski definition) is 2. The molecule has 4 heteroatoms. The smallest absolute Gasteiger partial charge is 0.328 e. The molecule has 0 rings (SSSR count). The summed E-state index contributed by atoms with van der Waals surface area (Å²) in [6.45, 7) is 0. The summed E-state index contributed by atoms with van der Waals surface area (Å²) in [7, 11) is 0. The minimum atomic E-state index is -1.76. The normalized spacial score (nSPS) is 9.62. The van der Waals surface area contributed by atoms with Gasteiger partial charge in [0.15, 0.2) is 0 Å². The lowest BCUT2D eigenvalue weighted by Gasteiger charge is -1.72. The van der Waals surface area contributed by atoms with Gasteiger partial charge in [-0.2, -0.15) is 4.39 Å². The number of carbonyl (C=O) groups excluding carboxylic acids is 1. The van der Waals surface area contributed by atoms with Crippen molar-refractivity contribution in [2.45, 2.75) is 0 Å². The van der Waals surface area contributed by atoms with Crippen molar-refractivity contribution in [3.8, 4) is 0 Å². The summed E-state index contributed by atoms with van der Waals surface area (Å²) in [5.74, 6) is -1.34. The molecule has 0 unspecified atom stereocenters. The van der Waals surface area contributed by atoms with Crippen molar-refractivity contribution in [3.05, 3.63) is 12.2 Å². The standard InChI is InChI=1S/C4H3FO3/c5-3(6)1-2-4(7)8/h1-2H,(H,7,8)/b2-1+. The molecular weight excluding hydrogens is 115 g/mol. The van der Waals surface area contributed by atoms with Gasteiger partial charge >= 0.3 is 12.0 Å². The summed E-state index contributed by atoms with van der Waals surface area (Å²) < 4.78 is 11.1. The molecule has 1 N–H and O–H groups in total. The molecule has 0 aliphatic rings. The maximum Gasteiger partial charge on any atom is 0.328 e. The zero-order valence-electron chi connectivity index (χ0n) is 3.80. The fourth-order valence-electron chi connectivity index (χ4n) is 0.137. The van der Waals surface area contributed by atoms with Crippen LogP contribution in [0, 0.1) is 0 Å². The molecule has 0 spiro atoms. The zero-order valence-corrected chi connectivity index (χ0v) is 3.80. The number of hydrogen-bond donors (Lipinski definition) is 1. The molecule has 0 heterocycles. The minimum Gasteiger partial charge on any atom is -0.478 e. The van der Waals surface area contributed by atoms with Gasteiger partial charge in [-0.1, -0.05) is 0 Å². The second kappa shape index (κ2) is 2.90. The van der Waals surface area contributed by atoms with Gasteiger partial charge in [0.05, 0.1) is 0 Å². The summed E-state index contributed by atoms with van der Waals surface area (Å²) >= 11 is 0. The second-order valence-corrected chi connectivity index (χ2v) is 0.976. The Morgan fingerprint density at radius 1 is 1.38 bits per heavy atom. The van der Waals surface area contributed by atoms with E-state index in [9.17, 15) is 14.0 Å². The van der Waals surface area contributed by atoms with Gasteiger partial charge < -0.3 is 5.11 Å². The number of carbonyl (C=O) groups is 2. The Kier molecular flexibility index (Phi) is 2.47. The Labute approximate surface area is 44.4 Å². The lowest BCUT2D eigenvalue weighted by Crippen LogP contribution is -1.88. The molecule has 0 radical (unpaired) electrons. The molecule has 0 fully saturated rings. The molecule has 0 bridgehead atoms. The van der Waals surface area contributed by atoms with Crippen LogP contribution in [-0.2, 0) is 9.59 Å². The van der Waals surface area contributed by atoms with Crippen molar-refractivity contribution in [3.63, 3.8) is 0 Å². The second-order valence-electron chi connectivity index (χ2n) is 0.976. The average molecular weight is 118 g/mol. The summed E-state index contributed by atoms with van der Waals surface area (Å²) in [6.07, 6.45) is 0.769. The SMILES string of the molecule is O=C(O)/C=C/C(=O)F. The van der Waals surface area contributed by atoms with Gasteiger partial charge in [0.2, 0.25) is 0 Å². The molecule has 3 nitrogen and oxygen atoms in total. The molecule has 0 aliphatic carbocycles. The van der Waals surface area contributed by atoms with E-state index in [2.05, 4.69) is 0 Å². The molecule has 8 heavy (non-hydrogen) atoms.